The van der Waals surface area contributed by atoms with Crippen LogP contribution < -0.4 is 15.4 Å². The van der Waals surface area contributed by atoms with Crippen molar-refractivity contribution in [2.24, 2.45) is 5.92 Å². The third-order valence-corrected chi connectivity index (χ3v) is 3.91. The Labute approximate surface area is 144 Å². The van der Waals surface area contributed by atoms with Crippen molar-refractivity contribution in [2.75, 3.05) is 26.7 Å². The minimum atomic E-state index is -0.211. The van der Waals surface area contributed by atoms with Crippen LogP contribution >= 0.6 is 0 Å². The first-order valence-corrected chi connectivity index (χ1v) is 8.49. The molecular weight excluding hydrogens is 306 g/mol. The summed E-state index contributed by atoms with van der Waals surface area (Å²) < 4.78 is 4.98. The molecule has 0 spiro atoms. The predicted octanol–water partition coefficient (Wildman–Crippen LogP) is 1.79. The number of nitrogens with zero attached hydrogens (tertiary/aromatic N) is 3. The van der Waals surface area contributed by atoms with E-state index in [0.717, 1.165) is 38.0 Å². The monoisotopic (exact) mass is 335 g/mol. The number of carbonyl (C=O) groups excluding carboxylic acids is 1. The predicted molar refractivity (Wildman–Crippen MR) is 92.9 cm³/mol. The smallest absolute Gasteiger partial charge is 0.316 e. The fourth-order valence-electron chi connectivity index (χ4n) is 2.87. The average molecular weight is 335 g/mol. The number of amides is 2. The highest BCUT2D eigenvalue weighted by atomic mass is 16.5. The third-order valence-electron chi connectivity index (χ3n) is 3.91. The number of methoxy groups -OCH3 is 1. The van der Waals surface area contributed by atoms with E-state index in [0.29, 0.717) is 18.5 Å². The Hall–Kier alpha value is -1.89. The molecular formula is C17H29N5O2. The molecule has 2 N–H and O–H groups in total. The van der Waals surface area contributed by atoms with Gasteiger partial charge in [-0.25, -0.2) is 14.8 Å². The number of carbonyl (C=O) groups is 1. The van der Waals surface area contributed by atoms with Gasteiger partial charge in [0.2, 0.25) is 0 Å². The van der Waals surface area contributed by atoms with Gasteiger partial charge in [-0.2, -0.15) is 0 Å². The fraction of sp³-hybridized carbons (Fsp3) is 0.706. The number of urea groups is 1. The van der Waals surface area contributed by atoms with Gasteiger partial charge in [-0.3, -0.25) is 4.90 Å². The second-order valence-corrected chi connectivity index (χ2v) is 7.41. The normalized spacial score (nSPS) is 18.9. The van der Waals surface area contributed by atoms with Crippen LogP contribution in [0.1, 0.15) is 39.2 Å². The number of hydrogen-bond donors (Lipinski definition) is 2. The van der Waals surface area contributed by atoms with Crippen molar-refractivity contribution in [3.63, 3.8) is 0 Å². The van der Waals surface area contributed by atoms with Gasteiger partial charge >= 0.3 is 12.0 Å². The molecule has 0 aromatic carbocycles. The first-order valence-electron chi connectivity index (χ1n) is 8.49. The SMILES string of the molecule is COc1ncc(CN2CCC[C@H](CNC(=O)NC(C)(C)C)C2)cn1. The topological polar surface area (TPSA) is 79.4 Å². The lowest BCUT2D eigenvalue weighted by molar-refractivity contribution is 0.164. The first kappa shape index (κ1) is 18.4. The van der Waals surface area contributed by atoms with Crippen LogP contribution in [0.25, 0.3) is 0 Å². The first-order chi connectivity index (χ1) is 11.4. The molecule has 7 nitrogen and oxygen atoms in total. The van der Waals surface area contributed by atoms with E-state index in [1.54, 1.807) is 7.11 Å². The second-order valence-electron chi connectivity index (χ2n) is 7.41. The molecule has 1 aliphatic rings. The van der Waals surface area contributed by atoms with Gasteiger partial charge in [0.25, 0.3) is 0 Å². The van der Waals surface area contributed by atoms with E-state index in [1.165, 1.54) is 0 Å². The minimum Gasteiger partial charge on any atom is -0.467 e. The van der Waals surface area contributed by atoms with Crippen molar-refractivity contribution < 1.29 is 9.53 Å². The van der Waals surface area contributed by atoms with Crippen molar-refractivity contribution in [3.05, 3.63) is 18.0 Å². The summed E-state index contributed by atoms with van der Waals surface area (Å²) in [5.41, 5.74) is 0.867. The lowest BCUT2D eigenvalue weighted by Gasteiger charge is -2.33. The Morgan fingerprint density at radius 3 is 2.71 bits per heavy atom. The maximum atomic E-state index is 11.9. The molecule has 7 heteroatoms. The molecule has 0 unspecified atom stereocenters. The van der Waals surface area contributed by atoms with E-state index in [9.17, 15) is 4.79 Å². The van der Waals surface area contributed by atoms with E-state index >= 15 is 0 Å². The molecule has 0 radical (unpaired) electrons. The molecule has 2 rings (SSSR count). The van der Waals surface area contributed by atoms with Gasteiger partial charge < -0.3 is 15.4 Å². The highest BCUT2D eigenvalue weighted by molar-refractivity contribution is 5.74. The van der Waals surface area contributed by atoms with Gasteiger partial charge in [-0.05, 0) is 46.1 Å². The highest BCUT2D eigenvalue weighted by Gasteiger charge is 2.21. The lowest BCUT2D eigenvalue weighted by Crippen LogP contribution is -2.49. The Kier molecular flexibility index (Phi) is 6.36. The van der Waals surface area contributed by atoms with Crippen molar-refractivity contribution in [2.45, 2.75) is 45.7 Å². The number of rotatable bonds is 5. The summed E-state index contributed by atoms with van der Waals surface area (Å²) in [6.07, 6.45) is 5.91. The van der Waals surface area contributed by atoms with Gasteiger partial charge in [0.1, 0.15) is 0 Å². The van der Waals surface area contributed by atoms with Gasteiger partial charge in [0.15, 0.2) is 0 Å². The molecule has 1 saturated heterocycles. The van der Waals surface area contributed by atoms with Crippen molar-refractivity contribution in [3.8, 4) is 6.01 Å². The number of aromatic nitrogens is 2. The van der Waals surface area contributed by atoms with Crippen molar-refractivity contribution in [1.29, 1.82) is 0 Å². The zero-order chi connectivity index (χ0) is 17.6. The van der Waals surface area contributed by atoms with Gasteiger partial charge in [0.05, 0.1) is 7.11 Å². The molecule has 0 bridgehead atoms. The molecule has 1 aliphatic heterocycles. The number of likely N-dealkylation sites (tertiary alicyclic amines) is 1. The van der Waals surface area contributed by atoms with E-state index in [4.69, 9.17) is 4.74 Å². The van der Waals surface area contributed by atoms with Crippen LogP contribution in [0.4, 0.5) is 4.79 Å². The summed E-state index contributed by atoms with van der Waals surface area (Å²) in [6.45, 7) is 9.51. The number of ether oxygens (including phenoxy) is 1. The standard InChI is InChI=1S/C17H29N5O2/c1-17(2,3)21-15(23)18-8-13-6-5-7-22(11-13)12-14-9-19-16(24-4)20-10-14/h9-10,13H,5-8,11-12H2,1-4H3,(H2,18,21,23)/t13-/m1/s1. The molecule has 1 fully saturated rings. The van der Waals surface area contributed by atoms with Crippen molar-refractivity contribution in [1.82, 2.24) is 25.5 Å². The van der Waals surface area contributed by atoms with Crippen LogP contribution in [0, 0.1) is 5.92 Å². The molecule has 0 saturated carbocycles. The molecule has 2 amide bonds. The Balaban J connectivity index is 1.77. The summed E-state index contributed by atoms with van der Waals surface area (Å²) in [6, 6.07) is 0.299. The van der Waals surface area contributed by atoms with Crippen LogP contribution in [0.3, 0.4) is 0 Å². The second kappa shape index (κ2) is 8.28. The van der Waals surface area contributed by atoms with Crippen LogP contribution in [0.15, 0.2) is 12.4 Å². The van der Waals surface area contributed by atoms with E-state index in [2.05, 4.69) is 25.5 Å². The maximum absolute atomic E-state index is 11.9. The number of nitrogens with one attached hydrogen (secondary N) is 2. The summed E-state index contributed by atoms with van der Waals surface area (Å²) in [5.74, 6) is 0.476. The number of piperidine rings is 1. The zero-order valence-corrected chi connectivity index (χ0v) is 15.1. The Bertz CT molecular complexity index is 527. The quantitative estimate of drug-likeness (QED) is 0.858. The van der Waals surface area contributed by atoms with Gasteiger partial charge in [-0.15, -0.1) is 0 Å². The summed E-state index contributed by atoms with van der Waals surface area (Å²) in [5, 5.41) is 5.92. The molecule has 24 heavy (non-hydrogen) atoms. The fourth-order valence-corrected chi connectivity index (χ4v) is 2.87. The van der Waals surface area contributed by atoms with E-state index < -0.39 is 0 Å². The third kappa shape index (κ3) is 6.31. The average Bonchev–Trinajstić information content (AvgIpc) is 2.52. The Morgan fingerprint density at radius 2 is 2.08 bits per heavy atom. The Morgan fingerprint density at radius 1 is 1.38 bits per heavy atom. The van der Waals surface area contributed by atoms with E-state index in [1.807, 2.05) is 33.2 Å². The van der Waals surface area contributed by atoms with Crippen molar-refractivity contribution >= 4 is 6.03 Å². The maximum Gasteiger partial charge on any atom is 0.316 e. The van der Waals surface area contributed by atoms with Crippen LogP contribution in [0.2, 0.25) is 0 Å². The largest absolute Gasteiger partial charge is 0.467 e. The summed E-state index contributed by atoms with van der Waals surface area (Å²) in [7, 11) is 1.56. The number of hydrogen-bond acceptors (Lipinski definition) is 5. The molecule has 0 aliphatic carbocycles. The van der Waals surface area contributed by atoms with Crippen LogP contribution in [-0.2, 0) is 6.54 Å². The molecule has 1 aromatic heterocycles. The van der Waals surface area contributed by atoms with Gasteiger partial charge in [0, 0.05) is 43.1 Å². The van der Waals surface area contributed by atoms with E-state index in [-0.39, 0.29) is 11.6 Å². The summed E-state index contributed by atoms with van der Waals surface area (Å²) >= 11 is 0. The van der Waals surface area contributed by atoms with Crippen LogP contribution in [-0.4, -0.2) is 53.2 Å². The molecule has 2 heterocycles. The van der Waals surface area contributed by atoms with Crippen LogP contribution in [0.5, 0.6) is 6.01 Å². The minimum absolute atomic E-state index is 0.0943. The lowest BCUT2D eigenvalue weighted by atomic mass is 9.97. The molecule has 134 valence electrons. The highest BCUT2D eigenvalue weighted by Crippen LogP contribution is 2.18. The molecule has 1 atom stereocenters. The van der Waals surface area contributed by atoms with Gasteiger partial charge in [-0.1, -0.05) is 0 Å². The summed E-state index contributed by atoms with van der Waals surface area (Å²) in [4.78, 5) is 22.6. The zero-order valence-electron chi connectivity index (χ0n) is 15.1. The molecule has 1 aromatic rings.